The number of hydrogen-bond acceptors (Lipinski definition) is 7. The lowest BCUT2D eigenvalue weighted by Gasteiger charge is -2.28. The van der Waals surface area contributed by atoms with Crippen LogP contribution in [0.1, 0.15) is 39.7 Å². The molecule has 1 aromatic rings. The SMILES string of the molecule is CCOC(=O)C[C@@H](NC(=O)OCc1ccccc1)C(CO)NC(=O)OC(C)(C)C. The molecule has 0 aliphatic heterocycles. The number of benzene rings is 1. The van der Waals surface area contributed by atoms with Gasteiger partial charge in [0.15, 0.2) is 0 Å². The van der Waals surface area contributed by atoms with Gasteiger partial charge in [-0.05, 0) is 33.3 Å². The van der Waals surface area contributed by atoms with Crippen LogP contribution in [0.25, 0.3) is 0 Å². The van der Waals surface area contributed by atoms with E-state index in [1.165, 1.54) is 0 Å². The van der Waals surface area contributed by atoms with Crippen molar-refractivity contribution in [3.8, 4) is 0 Å². The topological polar surface area (TPSA) is 123 Å². The van der Waals surface area contributed by atoms with Gasteiger partial charge in [0, 0.05) is 0 Å². The lowest BCUT2D eigenvalue weighted by Crippen LogP contribution is -2.55. The number of ether oxygens (including phenoxy) is 3. The van der Waals surface area contributed by atoms with Crippen LogP contribution in [0.5, 0.6) is 0 Å². The fourth-order valence-electron chi connectivity index (χ4n) is 2.34. The Balaban J connectivity index is 2.77. The van der Waals surface area contributed by atoms with Crippen molar-refractivity contribution >= 4 is 18.2 Å². The number of carbonyl (C=O) groups excluding carboxylic acids is 3. The Hall–Kier alpha value is -2.81. The molecule has 0 spiro atoms. The molecule has 0 bridgehead atoms. The molecular formula is C20H30N2O7. The number of nitrogens with one attached hydrogen (secondary N) is 2. The Morgan fingerprint density at radius 2 is 1.62 bits per heavy atom. The summed E-state index contributed by atoms with van der Waals surface area (Å²) in [6.07, 6.45) is -1.85. The normalized spacial score (nSPS) is 13.0. The summed E-state index contributed by atoms with van der Waals surface area (Å²) in [5.41, 5.74) is 0.0400. The Kier molecular flexibility index (Phi) is 9.94. The van der Waals surface area contributed by atoms with Crippen LogP contribution in [-0.4, -0.2) is 54.2 Å². The van der Waals surface area contributed by atoms with Gasteiger partial charge in [-0.2, -0.15) is 0 Å². The first-order valence-electron chi connectivity index (χ1n) is 9.37. The zero-order valence-electron chi connectivity index (χ0n) is 17.3. The predicted octanol–water partition coefficient (Wildman–Crippen LogP) is 2.12. The molecule has 0 aliphatic rings. The summed E-state index contributed by atoms with van der Waals surface area (Å²) in [6.45, 7) is 6.37. The fourth-order valence-corrected chi connectivity index (χ4v) is 2.34. The second-order valence-electron chi connectivity index (χ2n) is 7.26. The second kappa shape index (κ2) is 11.9. The Bertz CT molecular complexity index is 659. The van der Waals surface area contributed by atoms with E-state index in [0.29, 0.717) is 0 Å². The summed E-state index contributed by atoms with van der Waals surface area (Å²) >= 11 is 0. The maximum Gasteiger partial charge on any atom is 0.408 e. The third-order valence-corrected chi connectivity index (χ3v) is 3.59. The fraction of sp³-hybridized carbons (Fsp3) is 0.550. The minimum absolute atomic E-state index is 0.0298. The molecule has 1 aromatic carbocycles. The van der Waals surface area contributed by atoms with E-state index in [0.717, 1.165) is 5.56 Å². The number of esters is 1. The quantitative estimate of drug-likeness (QED) is 0.421. The molecule has 9 heteroatoms. The highest BCUT2D eigenvalue weighted by molar-refractivity contribution is 5.74. The number of aliphatic hydroxyl groups excluding tert-OH is 1. The minimum atomic E-state index is -0.987. The molecule has 2 amide bonds. The standard InChI is InChI=1S/C20H30N2O7/c1-5-27-17(24)11-15(16(12-23)22-19(26)29-20(2,3)4)21-18(25)28-13-14-9-7-6-8-10-14/h6-10,15-16,23H,5,11-13H2,1-4H3,(H,21,25)(H,22,26)/t15-,16?/m1/s1. The maximum atomic E-state index is 12.2. The smallest absolute Gasteiger partial charge is 0.408 e. The van der Waals surface area contributed by atoms with E-state index in [1.54, 1.807) is 39.8 Å². The summed E-state index contributed by atoms with van der Waals surface area (Å²) in [4.78, 5) is 36.1. The molecule has 3 N–H and O–H groups in total. The Labute approximate surface area is 170 Å². The van der Waals surface area contributed by atoms with E-state index >= 15 is 0 Å². The van der Waals surface area contributed by atoms with E-state index in [-0.39, 0.29) is 19.6 Å². The molecular weight excluding hydrogens is 380 g/mol. The van der Waals surface area contributed by atoms with Gasteiger partial charge in [0.1, 0.15) is 12.2 Å². The van der Waals surface area contributed by atoms with Crippen LogP contribution >= 0.6 is 0 Å². The van der Waals surface area contributed by atoms with Gasteiger partial charge < -0.3 is 30.0 Å². The second-order valence-corrected chi connectivity index (χ2v) is 7.26. The van der Waals surface area contributed by atoms with Crippen molar-refractivity contribution in [2.45, 2.75) is 58.4 Å². The largest absolute Gasteiger partial charge is 0.466 e. The number of amides is 2. The molecule has 1 unspecified atom stereocenters. The van der Waals surface area contributed by atoms with Gasteiger partial charge in [-0.1, -0.05) is 30.3 Å². The highest BCUT2D eigenvalue weighted by Crippen LogP contribution is 2.09. The van der Waals surface area contributed by atoms with Gasteiger partial charge in [0.2, 0.25) is 0 Å². The average Bonchev–Trinajstić information content (AvgIpc) is 2.63. The van der Waals surface area contributed by atoms with Gasteiger partial charge in [-0.15, -0.1) is 0 Å². The Morgan fingerprint density at radius 3 is 2.17 bits per heavy atom. The van der Waals surface area contributed by atoms with Crippen molar-refractivity contribution in [2.75, 3.05) is 13.2 Å². The number of hydrogen-bond donors (Lipinski definition) is 3. The first kappa shape index (κ1) is 24.2. The number of alkyl carbamates (subject to hydrolysis) is 2. The van der Waals surface area contributed by atoms with Crippen molar-refractivity contribution in [2.24, 2.45) is 0 Å². The molecule has 0 saturated carbocycles. The molecule has 9 nitrogen and oxygen atoms in total. The number of rotatable bonds is 9. The van der Waals surface area contributed by atoms with Gasteiger partial charge in [-0.25, -0.2) is 9.59 Å². The van der Waals surface area contributed by atoms with Crippen molar-refractivity contribution in [3.05, 3.63) is 35.9 Å². The molecule has 162 valence electrons. The average molecular weight is 410 g/mol. The molecule has 1 rings (SSSR count). The highest BCUT2D eigenvalue weighted by Gasteiger charge is 2.29. The van der Waals surface area contributed by atoms with Gasteiger partial charge >= 0.3 is 18.2 Å². The zero-order chi connectivity index (χ0) is 21.9. The van der Waals surface area contributed by atoms with Crippen molar-refractivity contribution in [3.63, 3.8) is 0 Å². The van der Waals surface area contributed by atoms with Crippen LogP contribution in [0, 0.1) is 0 Å². The molecule has 0 aliphatic carbocycles. The zero-order valence-corrected chi connectivity index (χ0v) is 17.3. The van der Waals surface area contributed by atoms with E-state index in [9.17, 15) is 19.5 Å². The first-order chi connectivity index (χ1) is 13.6. The van der Waals surface area contributed by atoms with E-state index in [4.69, 9.17) is 14.2 Å². The highest BCUT2D eigenvalue weighted by atomic mass is 16.6. The van der Waals surface area contributed by atoms with Gasteiger partial charge in [-0.3, -0.25) is 4.79 Å². The molecule has 2 atom stereocenters. The number of aliphatic hydroxyl groups is 1. The predicted molar refractivity (Wildman–Crippen MR) is 105 cm³/mol. The van der Waals surface area contributed by atoms with Crippen molar-refractivity contribution < 1.29 is 33.7 Å². The minimum Gasteiger partial charge on any atom is -0.466 e. The van der Waals surface area contributed by atoms with E-state index in [1.807, 2.05) is 18.2 Å². The van der Waals surface area contributed by atoms with Gasteiger partial charge in [0.25, 0.3) is 0 Å². The Morgan fingerprint density at radius 1 is 1.00 bits per heavy atom. The number of carbonyl (C=O) groups is 3. The van der Waals surface area contributed by atoms with Crippen LogP contribution in [0.15, 0.2) is 30.3 Å². The lowest BCUT2D eigenvalue weighted by molar-refractivity contribution is -0.143. The van der Waals surface area contributed by atoms with Crippen LogP contribution in [0.3, 0.4) is 0 Å². The molecule has 0 fully saturated rings. The molecule has 0 aromatic heterocycles. The summed E-state index contributed by atoms with van der Waals surface area (Å²) in [7, 11) is 0. The summed E-state index contributed by atoms with van der Waals surface area (Å²) in [5, 5.41) is 14.7. The first-order valence-corrected chi connectivity index (χ1v) is 9.37. The monoisotopic (exact) mass is 410 g/mol. The third-order valence-electron chi connectivity index (χ3n) is 3.59. The van der Waals surface area contributed by atoms with E-state index < -0.39 is 42.4 Å². The molecule has 29 heavy (non-hydrogen) atoms. The van der Waals surface area contributed by atoms with Crippen molar-refractivity contribution in [1.82, 2.24) is 10.6 Å². The van der Waals surface area contributed by atoms with Crippen LogP contribution in [-0.2, 0) is 25.6 Å². The van der Waals surface area contributed by atoms with Crippen LogP contribution in [0.2, 0.25) is 0 Å². The van der Waals surface area contributed by atoms with Gasteiger partial charge in [0.05, 0.1) is 31.7 Å². The maximum absolute atomic E-state index is 12.2. The van der Waals surface area contributed by atoms with Crippen LogP contribution in [0.4, 0.5) is 9.59 Å². The molecule has 0 radical (unpaired) electrons. The van der Waals surface area contributed by atoms with Crippen LogP contribution < -0.4 is 10.6 Å². The summed E-state index contributed by atoms with van der Waals surface area (Å²) in [5.74, 6) is -0.592. The third kappa shape index (κ3) is 10.3. The van der Waals surface area contributed by atoms with Crippen molar-refractivity contribution in [1.29, 1.82) is 0 Å². The summed E-state index contributed by atoms with van der Waals surface area (Å²) in [6, 6.07) is 7.11. The summed E-state index contributed by atoms with van der Waals surface area (Å²) < 4.78 is 15.2. The molecule has 0 saturated heterocycles. The van der Waals surface area contributed by atoms with E-state index in [2.05, 4.69) is 10.6 Å². The molecule has 0 heterocycles. The lowest BCUT2D eigenvalue weighted by atomic mass is 10.1.